The van der Waals surface area contributed by atoms with Crippen LogP contribution in [0, 0.1) is 0 Å². The van der Waals surface area contributed by atoms with Crippen molar-refractivity contribution in [3.63, 3.8) is 0 Å². The fourth-order valence-electron chi connectivity index (χ4n) is 2.28. The fraction of sp³-hybridized carbons (Fsp3) is 0.125. The number of hydrogen-bond donors (Lipinski definition) is 2. The van der Waals surface area contributed by atoms with Gasteiger partial charge in [-0.1, -0.05) is 24.3 Å². The van der Waals surface area contributed by atoms with Gasteiger partial charge in [-0.3, -0.25) is 9.59 Å². The molecule has 3 aromatic rings. The van der Waals surface area contributed by atoms with E-state index in [0.29, 0.717) is 11.1 Å². The van der Waals surface area contributed by atoms with Crippen molar-refractivity contribution in [3.8, 4) is 0 Å². The highest BCUT2D eigenvalue weighted by atomic mass is 32.1. The number of H-pyrrole nitrogens is 1. The zero-order valence-corrected chi connectivity index (χ0v) is 12.2. The molecule has 0 radical (unpaired) electrons. The van der Waals surface area contributed by atoms with Gasteiger partial charge in [-0.05, 0) is 24.4 Å². The molecule has 21 heavy (non-hydrogen) atoms. The number of aromatic amines is 1. The largest absolute Gasteiger partial charge is 0.345 e. The predicted molar refractivity (Wildman–Crippen MR) is 84.8 cm³/mol. The number of benzene rings is 1. The molecular formula is C16H14N2O2S. The van der Waals surface area contributed by atoms with Crippen LogP contribution in [0.15, 0.2) is 52.6 Å². The highest BCUT2D eigenvalue weighted by Crippen LogP contribution is 2.20. The molecule has 1 amide bonds. The molecule has 1 unspecified atom stereocenters. The first-order valence-electron chi connectivity index (χ1n) is 6.61. The minimum Gasteiger partial charge on any atom is -0.345 e. The van der Waals surface area contributed by atoms with E-state index in [1.165, 1.54) is 6.07 Å². The minimum atomic E-state index is -0.275. The number of carbonyl (C=O) groups excluding carboxylic acids is 1. The molecule has 1 atom stereocenters. The van der Waals surface area contributed by atoms with E-state index in [-0.39, 0.29) is 17.5 Å². The Hall–Kier alpha value is -2.40. The molecule has 1 aromatic carbocycles. The normalized spacial score (nSPS) is 12.2. The zero-order valence-electron chi connectivity index (χ0n) is 11.4. The van der Waals surface area contributed by atoms with Gasteiger partial charge in [0.25, 0.3) is 5.91 Å². The second-order valence-corrected chi connectivity index (χ2v) is 5.78. The first kappa shape index (κ1) is 13.6. The third-order valence-corrected chi connectivity index (χ3v) is 4.37. The minimum absolute atomic E-state index is 0.0875. The third-order valence-electron chi connectivity index (χ3n) is 3.31. The molecule has 4 nitrogen and oxygen atoms in total. The molecule has 0 spiro atoms. The lowest BCUT2D eigenvalue weighted by Crippen LogP contribution is -2.27. The highest BCUT2D eigenvalue weighted by Gasteiger charge is 2.15. The van der Waals surface area contributed by atoms with E-state index in [4.69, 9.17) is 0 Å². The van der Waals surface area contributed by atoms with Gasteiger partial charge in [-0.2, -0.15) is 0 Å². The van der Waals surface area contributed by atoms with E-state index in [2.05, 4.69) is 10.3 Å². The van der Waals surface area contributed by atoms with Crippen molar-refractivity contribution in [1.29, 1.82) is 0 Å². The summed E-state index contributed by atoms with van der Waals surface area (Å²) in [7, 11) is 0. The number of hydrogen-bond acceptors (Lipinski definition) is 3. The molecule has 2 N–H and O–H groups in total. The van der Waals surface area contributed by atoms with Crippen LogP contribution in [0.5, 0.6) is 0 Å². The number of thiophene rings is 1. The van der Waals surface area contributed by atoms with Gasteiger partial charge in [0, 0.05) is 21.8 Å². The molecule has 0 saturated heterocycles. The number of amides is 1. The van der Waals surface area contributed by atoms with E-state index < -0.39 is 0 Å². The Kier molecular flexibility index (Phi) is 3.58. The van der Waals surface area contributed by atoms with E-state index >= 15 is 0 Å². The van der Waals surface area contributed by atoms with Crippen LogP contribution in [0.2, 0.25) is 0 Å². The number of carbonyl (C=O) groups is 1. The Morgan fingerprint density at radius 2 is 2.05 bits per heavy atom. The molecule has 2 heterocycles. The lowest BCUT2D eigenvalue weighted by molar-refractivity contribution is 0.0942. The number of rotatable bonds is 3. The number of para-hydroxylation sites is 1. The van der Waals surface area contributed by atoms with Crippen LogP contribution < -0.4 is 10.9 Å². The molecule has 2 aromatic heterocycles. The first-order chi connectivity index (χ1) is 10.1. The summed E-state index contributed by atoms with van der Waals surface area (Å²) in [4.78, 5) is 28.0. The number of pyridine rings is 1. The van der Waals surface area contributed by atoms with E-state index in [1.807, 2.05) is 42.6 Å². The highest BCUT2D eigenvalue weighted by molar-refractivity contribution is 7.10. The standard InChI is InChI=1S/C16H14N2O2S/c1-10(14-7-4-8-21-14)17-16(20)12-9-15(19)18-13-6-3-2-5-11(12)13/h2-10H,1H3,(H,17,20)(H,18,19). The van der Waals surface area contributed by atoms with Gasteiger partial charge in [-0.25, -0.2) is 0 Å². The van der Waals surface area contributed by atoms with Gasteiger partial charge in [0.05, 0.1) is 11.6 Å². The van der Waals surface area contributed by atoms with E-state index in [0.717, 1.165) is 10.3 Å². The maximum absolute atomic E-state index is 12.5. The zero-order chi connectivity index (χ0) is 14.8. The van der Waals surface area contributed by atoms with Gasteiger partial charge in [-0.15, -0.1) is 11.3 Å². The van der Waals surface area contributed by atoms with Gasteiger partial charge in [0.1, 0.15) is 0 Å². The van der Waals surface area contributed by atoms with Gasteiger partial charge in [0.2, 0.25) is 5.56 Å². The summed E-state index contributed by atoms with van der Waals surface area (Å²) < 4.78 is 0. The summed E-state index contributed by atoms with van der Waals surface area (Å²) in [6.45, 7) is 1.93. The summed E-state index contributed by atoms with van der Waals surface area (Å²) in [6, 6.07) is 12.5. The second-order valence-electron chi connectivity index (χ2n) is 4.80. The smallest absolute Gasteiger partial charge is 0.252 e. The van der Waals surface area contributed by atoms with E-state index in [1.54, 1.807) is 17.4 Å². The van der Waals surface area contributed by atoms with Crippen LogP contribution >= 0.6 is 11.3 Å². The molecule has 5 heteroatoms. The van der Waals surface area contributed by atoms with Crippen molar-refractivity contribution in [2.75, 3.05) is 0 Å². The molecular weight excluding hydrogens is 284 g/mol. The number of aromatic nitrogens is 1. The Morgan fingerprint density at radius 1 is 1.24 bits per heavy atom. The molecule has 0 saturated carbocycles. The first-order valence-corrected chi connectivity index (χ1v) is 7.49. The average Bonchev–Trinajstić information content (AvgIpc) is 3.00. The maximum atomic E-state index is 12.5. The molecule has 0 aliphatic carbocycles. The second kappa shape index (κ2) is 5.54. The SMILES string of the molecule is CC(NC(=O)c1cc(=O)[nH]c2ccccc12)c1cccs1. The van der Waals surface area contributed by atoms with Crippen molar-refractivity contribution >= 4 is 28.1 Å². The number of nitrogens with one attached hydrogen (secondary N) is 2. The van der Waals surface area contributed by atoms with Crippen molar-refractivity contribution in [3.05, 3.63) is 68.6 Å². The number of fused-ring (bicyclic) bond motifs is 1. The molecule has 106 valence electrons. The Balaban J connectivity index is 1.96. The van der Waals surface area contributed by atoms with Gasteiger partial charge >= 0.3 is 0 Å². The summed E-state index contributed by atoms with van der Waals surface area (Å²) >= 11 is 1.59. The van der Waals surface area contributed by atoms with Crippen LogP contribution in [0.1, 0.15) is 28.2 Å². The Labute approximate surface area is 125 Å². The third kappa shape index (κ3) is 2.73. The van der Waals surface area contributed by atoms with Gasteiger partial charge in [0.15, 0.2) is 0 Å². The van der Waals surface area contributed by atoms with Crippen molar-refractivity contribution in [1.82, 2.24) is 10.3 Å². The molecule has 0 aliphatic heterocycles. The topological polar surface area (TPSA) is 62.0 Å². The van der Waals surface area contributed by atoms with Crippen molar-refractivity contribution in [2.45, 2.75) is 13.0 Å². The summed E-state index contributed by atoms with van der Waals surface area (Å²) in [5.74, 6) is -0.238. The summed E-state index contributed by atoms with van der Waals surface area (Å²) in [6.07, 6.45) is 0. The molecule has 0 bridgehead atoms. The van der Waals surface area contributed by atoms with Crippen LogP contribution in [0.25, 0.3) is 10.9 Å². The van der Waals surface area contributed by atoms with E-state index in [9.17, 15) is 9.59 Å². The van der Waals surface area contributed by atoms with Crippen LogP contribution in [0.3, 0.4) is 0 Å². The Bertz CT molecular complexity index is 837. The molecule has 0 fully saturated rings. The monoisotopic (exact) mass is 298 g/mol. The molecule has 0 aliphatic rings. The Morgan fingerprint density at radius 3 is 2.81 bits per heavy atom. The van der Waals surface area contributed by atoms with Gasteiger partial charge < -0.3 is 10.3 Å². The van der Waals surface area contributed by atoms with Crippen LogP contribution in [0.4, 0.5) is 0 Å². The average molecular weight is 298 g/mol. The van der Waals surface area contributed by atoms with Crippen molar-refractivity contribution in [2.24, 2.45) is 0 Å². The fourth-order valence-corrected chi connectivity index (χ4v) is 3.01. The predicted octanol–water partition coefficient (Wildman–Crippen LogP) is 3.08. The van der Waals surface area contributed by atoms with Crippen molar-refractivity contribution < 1.29 is 4.79 Å². The van der Waals surface area contributed by atoms with Crippen LogP contribution in [-0.4, -0.2) is 10.9 Å². The van der Waals surface area contributed by atoms with Crippen LogP contribution in [-0.2, 0) is 0 Å². The summed E-state index contributed by atoms with van der Waals surface area (Å²) in [5.41, 5.74) is 0.791. The maximum Gasteiger partial charge on any atom is 0.252 e. The summed E-state index contributed by atoms with van der Waals surface area (Å²) in [5, 5.41) is 5.65. The lowest BCUT2D eigenvalue weighted by atomic mass is 10.1. The lowest BCUT2D eigenvalue weighted by Gasteiger charge is -2.13. The molecule has 3 rings (SSSR count). The quantitative estimate of drug-likeness (QED) is 0.780.